The second kappa shape index (κ2) is 14.1. The molecule has 25 heavy (non-hydrogen) atoms. The second-order valence-electron chi connectivity index (χ2n) is 7.49. The van der Waals surface area contributed by atoms with Crippen molar-refractivity contribution in [1.29, 1.82) is 0 Å². The van der Waals surface area contributed by atoms with Gasteiger partial charge in [-0.15, -0.1) is 0 Å². The van der Waals surface area contributed by atoms with Gasteiger partial charge in [-0.05, 0) is 26.2 Å². The molecule has 2 unspecified atom stereocenters. The highest BCUT2D eigenvalue weighted by Gasteiger charge is 2.21. The lowest BCUT2D eigenvalue weighted by Crippen LogP contribution is -2.25. The molecule has 0 aromatic rings. The second-order valence-corrected chi connectivity index (χ2v) is 7.49. The Kier molecular flexibility index (Phi) is 12.4. The van der Waals surface area contributed by atoms with Crippen LogP contribution in [0.1, 0.15) is 104 Å². The van der Waals surface area contributed by atoms with E-state index in [0.29, 0.717) is 6.42 Å². The molecule has 4 heteroatoms. The minimum Gasteiger partial charge on any atom is -0.462 e. The smallest absolute Gasteiger partial charge is 0.309 e. The summed E-state index contributed by atoms with van der Waals surface area (Å²) in [6.07, 6.45) is 14.6. The standard InChI is InChI=1S/C21H38O4/c1-3-4-5-11-14-19-15-12-9-7-6-8-10-13-16-20(22)25-18(2)17-24-21(19)23/h18-19H,3-17H2,1-2H3. The number of carbonyl (C=O) groups excluding carboxylic acids is 2. The van der Waals surface area contributed by atoms with Gasteiger partial charge in [0.1, 0.15) is 12.7 Å². The van der Waals surface area contributed by atoms with Gasteiger partial charge in [0.2, 0.25) is 0 Å². The number of hydrogen-bond donors (Lipinski definition) is 0. The van der Waals surface area contributed by atoms with Gasteiger partial charge in [0.05, 0.1) is 5.92 Å². The van der Waals surface area contributed by atoms with Crippen LogP contribution in [0, 0.1) is 5.92 Å². The maximum Gasteiger partial charge on any atom is 0.309 e. The van der Waals surface area contributed by atoms with Crippen LogP contribution in [0.2, 0.25) is 0 Å². The van der Waals surface area contributed by atoms with Gasteiger partial charge in [0, 0.05) is 6.42 Å². The molecule has 0 aliphatic carbocycles. The van der Waals surface area contributed by atoms with E-state index in [0.717, 1.165) is 38.5 Å². The molecule has 146 valence electrons. The number of unbranched alkanes of at least 4 members (excludes halogenated alkanes) is 3. The van der Waals surface area contributed by atoms with Gasteiger partial charge in [-0.25, -0.2) is 0 Å². The first-order valence-electron chi connectivity index (χ1n) is 10.5. The molecule has 1 heterocycles. The highest BCUT2D eigenvalue weighted by Crippen LogP contribution is 2.21. The Balaban J connectivity index is 2.50. The zero-order valence-corrected chi connectivity index (χ0v) is 16.4. The van der Waals surface area contributed by atoms with Gasteiger partial charge in [-0.2, -0.15) is 0 Å². The minimum atomic E-state index is -0.356. The molecule has 4 nitrogen and oxygen atoms in total. The van der Waals surface area contributed by atoms with Crippen molar-refractivity contribution in [2.24, 2.45) is 5.92 Å². The molecule has 1 aliphatic heterocycles. The number of ether oxygens (including phenoxy) is 2. The van der Waals surface area contributed by atoms with E-state index in [1.54, 1.807) is 6.92 Å². The average Bonchev–Trinajstić information content (AvgIpc) is 2.59. The van der Waals surface area contributed by atoms with Crippen molar-refractivity contribution < 1.29 is 19.1 Å². The lowest BCUT2D eigenvalue weighted by molar-refractivity contribution is -0.160. The molecule has 0 N–H and O–H groups in total. The van der Waals surface area contributed by atoms with Gasteiger partial charge in [0.25, 0.3) is 0 Å². The van der Waals surface area contributed by atoms with E-state index in [4.69, 9.17) is 9.47 Å². The summed E-state index contributed by atoms with van der Waals surface area (Å²) in [4.78, 5) is 24.2. The molecule has 2 atom stereocenters. The zero-order valence-electron chi connectivity index (χ0n) is 16.4. The van der Waals surface area contributed by atoms with Crippen LogP contribution in [0.15, 0.2) is 0 Å². The number of cyclic esters (lactones) is 2. The lowest BCUT2D eigenvalue weighted by Gasteiger charge is -2.19. The van der Waals surface area contributed by atoms with E-state index in [9.17, 15) is 9.59 Å². The van der Waals surface area contributed by atoms with Crippen LogP contribution >= 0.6 is 0 Å². The molecular formula is C21H38O4. The predicted octanol–water partition coefficient (Wildman–Crippen LogP) is 5.57. The zero-order chi connectivity index (χ0) is 18.3. The fraction of sp³-hybridized carbons (Fsp3) is 0.905. The van der Waals surface area contributed by atoms with Gasteiger partial charge in [0.15, 0.2) is 0 Å². The largest absolute Gasteiger partial charge is 0.462 e. The van der Waals surface area contributed by atoms with Crippen LogP contribution in [-0.4, -0.2) is 24.6 Å². The van der Waals surface area contributed by atoms with Gasteiger partial charge >= 0.3 is 11.9 Å². The minimum absolute atomic E-state index is 0.00710. The molecule has 1 saturated heterocycles. The monoisotopic (exact) mass is 354 g/mol. The molecule has 1 rings (SSSR count). The van der Waals surface area contributed by atoms with Crippen LogP contribution in [-0.2, 0) is 19.1 Å². The summed E-state index contributed by atoms with van der Waals surface area (Å²) in [5.41, 5.74) is 0. The topological polar surface area (TPSA) is 52.6 Å². The van der Waals surface area contributed by atoms with Crippen molar-refractivity contribution in [2.45, 2.75) is 110 Å². The third kappa shape index (κ3) is 11.2. The Bertz CT molecular complexity index is 367. The summed E-state index contributed by atoms with van der Waals surface area (Å²) < 4.78 is 10.8. The normalized spacial score (nSPS) is 25.2. The first-order valence-corrected chi connectivity index (χ1v) is 10.5. The van der Waals surface area contributed by atoms with Crippen LogP contribution in [0.3, 0.4) is 0 Å². The molecule has 0 radical (unpaired) electrons. The van der Waals surface area contributed by atoms with E-state index in [1.807, 2.05) is 0 Å². The molecule has 1 fully saturated rings. The van der Waals surface area contributed by atoms with E-state index >= 15 is 0 Å². The average molecular weight is 355 g/mol. The Hall–Kier alpha value is -1.06. The summed E-state index contributed by atoms with van der Waals surface area (Å²) in [7, 11) is 0. The van der Waals surface area contributed by atoms with Crippen LogP contribution < -0.4 is 0 Å². The third-order valence-corrected chi connectivity index (χ3v) is 4.97. The van der Waals surface area contributed by atoms with Crippen molar-refractivity contribution in [3.8, 4) is 0 Å². The van der Waals surface area contributed by atoms with Crippen molar-refractivity contribution in [2.75, 3.05) is 6.61 Å². The first kappa shape index (κ1) is 22.0. The number of rotatable bonds is 5. The highest BCUT2D eigenvalue weighted by molar-refractivity contribution is 5.72. The van der Waals surface area contributed by atoms with Crippen molar-refractivity contribution in [3.05, 3.63) is 0 Å². The number of hydrogen-bond acceptors (Lipinski definition) is 4. The van der Waals surface area contributed by atoms with E-state index in [-0.39, 0.29) is 30.6 Å². The van der Waals surface area contributed by atoms with E-state index in [2.05, 4.69) is 6.92 Å². The summed E-state index contributed by atoms with van der Waals surface area (Å²) in [6, 6.07) is 0. The summed E-state index contributed by atoms with van der Waals surface area (Å²) in [5, 5.41) is 0. The van der Waals surface area contributed by atoms with Crippen LogP contribution in [0.25, 0.3) is 0 Å². The fourth-order valence-electron chi connectivity index (χ4n) is 3.38. The maximum absolute atomic E-state index is 12.4. The molecule has 0 amide bonds. The SMILES string of the molecule is CCCCCCC1CCCCCCCCCC(=O)OC(C)COC1=O. The molecular weight excluding hydrogens is 316 g/mol. The van der Waals surface area contributed by atoms with Crippen LogP contribution in [0.4, 0.5) is 0 Å². The Morgan fingerprint density at radius 3 is 2.32 bits per heavy atom. The lowest BCUT2D eigenvalue weighted by atomic mass is 9.94. The molecule has 1 aliphatic rings. The maximum atomic E-state index is 12.4. The van der Waals surface area contributed by atoms with Crippen molar-refractivity contribution >= 4 is 11.9 Å². The first-order chi connectivity index (χ1) is 12.1. The van der Waals surface area contributed by atoms with Crippen molar-refractivity contribution in [1.82, 2.24) is 0 Å². The number of carbonyl (C=O) groups is 2. The summed E-state index contributed by atoms with van der Waals surface area (Å²) in [6.45, 7) is 4.17. The van der Waals surface area contributed by atoms with E-state index in [1.165, 1.54) is 44.9 Å². The van der Waals surface area contributed by atoms with Crippen LogP contribution in [0.5, 0.6) is 0 Å². The quantitative estimate of drug-likeness (QED) is 0.478. The molecule has 0 aromatic heterocycles. The Labute approximate surface area is 154 Å². The molecule has 0 saturated carbocycles. The fourth-order valence-corrected chi connectivity index (χ4v) is 3.38. The predicted molar refractivity (Wildman–Crippen MR) is 100 cm³/mol. The van der Waals surface area contributed by atoms with Gasteiger partial charge in [-0.1, -0.05) is 71.1 Å². The molecule has 0 bridgehead atoms. The highest BCUT2D eigenvalue weighted by atomic mass is 16.6. The Morgan fingerprint density at radius 2 is 1.60 bits per heavy atom. The molecule has 0 spiro atoms. The Morgan fingerprint density at radius 1 is 0.920 bits per heavy atom. The summed E-state index contributed by atoms with van der Waals surface area (Å²) in [5.74, 6) is -0.272. The number of esters is 2. The summed E-state index contributed by atoms with van der Waals surface area (Å²) >= 11 is 0. The van der Waals surface area contributed by atoms with Gasteiger partial charge in [-0.3, -0.25) is 9.59 Å². The van der Waals surface area contributed by atoms with E-state index < -0.39 is 0 Å². The van der Waals surface area contributed by atoms with Crippen molar-refractivity contribution in [3.63, 3.8) is 0 Å². The third-order valence-electron chi connectivity index (χ3n) is 4.97. The van der Waals surface area contributed by atoms with Gasteiger partial charge < -0.3 is 9.47 Å². The molecule has 0 aromatic carbocycles.